The molecule has 4 aliphatic rings. The third-order valence-corrected chi connectivity index (χ3v) is 12.4. The summed E-state index contributed by atoms with van der Waals surface area (Å²) in [6, 6.07) is 1.81. The Labute approximate surface area is 144 Å². The molecule has 0 spiro atoms. The summed E-state index contributed by atoms with van der Waals surface area (Å²) in [5.41, 5.74) is 0.980. The van der Waals surface area contributed by atoms with E-state index in [1.807, 2.05) is 0 Å². The number of nitrogens with one attached hydrogen (secondary N) is 1. The van der Waals surface area contributed by atoms with E-state index in [0.717, 1.165) is 47.2 Å². The van der Waals surface area contributed by atoms with Gasteiger partial charge in [0.05, 0.1) is 0 Å². The Kier molecular flexibility index (Phi) is 4.22. The van der Waals surface area contributed by atoms with Crippen LogP contribution in [0.2, 0.25) is 18.6 Å². The first-order chi connectivity index (χ1) is 11.0. The van der Waals surface area contributed by atoms with Crippen molar-refractivity contribution in [1.29, 1.82) is 0 Å². The smallest absolute Gasteiger partial charge is 0.124 e. The SMILES string of the molecule is CN[Si](C)(C)C1C2CCCCC2C2C3CC(C)CCC3N(C)C21. The van der Waals surface area contributed by atoms with Crippen molar-refractivity contribution in [2.45, 2.75) is 82.6 Å². The van der Waals surface area contributed by atoms with Crippen molar-refractivity contribution >= 4 is 8.24 Å². The summed E-state index contributed by atoms with van der Waals surface area (Å²) >= 11 is 0. The molecule has 3 saturated carbocycles. The first kappa shape index (κ1) is 16.6. The number of rotatable bonds is 2. The summed E-state index contributed by atoms with van der Waals surface area (Å²) in [5.74, 6) is 5.11. The summed E-state index contributed by atoms with van der Waals surface area (Å²) in [7, 11) is 3.40. The number of nitrogens with zero attached hydrogens (tertiary/aromatic N) is 1. The highest BCUT2D eigenvalue weighted by atomic mass is 28.3. The molecule has 0 radical (unpaired) electrons. The highest BCUT2D eigenvalue weighted by Gasteiger charge is 2.64. The second-order valence-corrected chi connectivity index (χ2v) is 14.6. The van der Waals surface area contributed by atoms with Gasteiger partial charge in [-0.3, -0.25) is 4.90 Å². The van der Waals surface area contributed by atoms with Crippen LogP contribution >= 0.6 is 0 Å². The molecule has 0 aromatic heterocycles. The lowest BCUT2D eigenvalue weighted by atomic mass is 9.68. The van der Waals surface area contributed by atoms with Gasteiger partial charge in [0, 0.05) is 12.1 Å². The van der Waals surface area contributed by atoms with Gasteiger partial charge in [-0.15, -0.1) is 0 Å². The highest BCUT2D eigenvalue weighted by Crippen LogP contribution is 2.64. The minimum atomic E-state index is -1.35. The van der Waals surface area contributed by atoms with Gasteiger partial charge in [0.2, 0.25) is 0 Å². The Morgan fingerprint density at radius 2 is 1.65 bits per heavy atom. The predicted molar refractivity (Wildman–Crippen MR) is 101 cm³/mol. The van der Waals surface area contributed by atoms with Crippen LogP contribution in [0, 0.1) is 29.6 Å². The maximum Gasteiger partial charge on any atom is 0.124 e. The number of likely N-dealkylation sites (tertiary alicyclic amines) is 1. The molecule has 0 aromatic carbocycles. The first-order valence-electron chi connectivity index (χ1n) is 10.4. The zero-order chi connectivity index (χ0) is 16.4. The maximum absolute atomic E-state index is 3.85. The molecule has 0 bridgehead atoms. The van der Waals surface area contributed by atoms with Crippen LogP contribution in [0.3, 0.4) is 0 Å². The lowest BCUT2D eigenvalue weighted by Crippen LogP contribution is -2.54. The van der Waals surface area contributed by atoms with E-state index in [0.29, 0.717) is 0 Å². The topological polar surface area (TPSA) is 15.3 Å². The van der Waals surface area contributed by atoms with E-state index in [1.165, 1.54) is 38.5 Å². The molecule has 132 valence electrons. The van der Waals surface area contributed by atoms with Gasteiger partial charge in [-0.25, -0.2) is 0 Å². The molecule has 3 aliphatic carbocycles. The normalized spacial score (nSPS) is 50.5. The second kappa shape index (κ2) is 5.84. The average molecular weight is 335 g/mol. The van der Waals surface area contributed by atoms with Gasteiger partial charge in [0.25, 0.3) is 0 Å². The third-order valence-electron chi connectivity index (χ3n) is 8.68. The summed E-state index contributed by atoms with van der Waals surface area (Å²) in [6.07, 6.45) is 10.5. The molecule has 3 heteroatoms. The molecular formula is C20H38N2Si. The van der Waals surface area contributed by atoms with Crippen molar-refractivity contribution in [2.24, 2.45) is 29.6 Å². The average Bonchev–Trinajstić information content (AvgIpc) is 3.02. The summed E-state index contributed by atoms with van der Waals surface area (Å²) in [4.78, 5) is 6.76. The van der Waals surface area contributed by atoms with Crippen molar-refractivity contribution in [1.82, 2.24) is 9.88 Å². The van der Waals surface area contributed by atoms with Crippen molar-refractivity contribution in [3.63, 3.8) is 0 Å². The molecule has 4 rings (SSSR count). The zero-order valence-electron chi connectivity index (χ0n) is 16.0. The fourth-order valence-electron chi connectivity index (χ4n) is 7.63. The van der Waals surface area contributed by atoms with Crippen LogP contribution in [-0.2, 0) is 0 Å². The van der Waals surface area contributed by atoms with Crippen LogP contribution in [0.25, 0.3) is 0 Å². The van der Waals surface area contributed by atoms with Crippen LogP contribution in [0.5, 0.6) is 0 Å². The van der Waals surface area contributed by atoms with Crippen LogP contribution in [0.1, 0.15) is 51.9 Å². The van der Waals surface area contributed by atoms with Gasteiger partial charge in [-0.2, -0.15) is 0 Å². The lowest BCUT2D eigenvalue weighted by molar-refractivity contribution is 0.116. The Morgan fingerprint density at radius 1 is 0.957 bits per heavy atom. The molecule has 1 N–H and O–H groups in total. The van der Waals surface area contributed by atoms with Crippen molar-refractivity contribution in [3.8, 4) is 0 Å². The molecule has 1 saturated heterocycles. The fraction of sp³-hybridized carbons (Fsp3) is 1.00. The van der Waals surface area contributed by atoms with E-state index in [1.54, 1.807) is 6.42 Å². The van der Waals surface area contributed by atoms with Gasteiger partial charge in [-0.1, -0.05) is 39.3 Å². The van der Waals surface area contributed by atoms with Gasteiger partial charge < -0.3 is 4.98 Å². The van der Waals surface area contributed by atoms with Crippen LogP contribution < -0.4 is 4.98 Å². The monoisotopic (exact) mass is 334 g/mol. The molecule has 0 amide bonds. The van der Waals surface area contributed by atoms with E-state index < -0.39 is 8.24 Å². The second-order valence-electron chi connectivity index (χ2n) is 9.99. The van der Waals surface area contributed by atoms with Crippen molar-refractivity contribution < 1.29 is 0 Å². The third kappa shape index (κ3) is 2.40. The van der Waals surface area contributed by atoms with E-state index in [-0.39, 0.29) is 0 Å². The van der Waals surface area contributed by atoms with E-state index in [4.69, 9.17) is 0 Å². The predicted octanol–water partition coefficient (Wildman–Crippen LogP) is 4.34. The number of hydrogen-bond acceptors (Lipinski definition) is 2. The van der Waals surface area contributed by atoms with Crippen molar-refractivity contribution in [3.05, 3.63) is 0 Å². The van der Waals surface area contributed by atoms with Gasteiger partial charge >= 0.3 is 0 Å². The molecule has 1 heterocycles. The van der Waals surface area contributed by atoms with E-state index >= 15 is 0 Å². The van der Waals surface area contributed by atoms with E-state index in [9.17, 15) is 0 Å². The fourth-order valence-corrected chi connectivity index (χ4v) is 10.8. The van der Waals surface area contributed by atoms with Gasteiger partial charge in [0.15, 0.2) is 0 Å². The molecule has 2 nitrogen and oxygen atoms in total. The summed E-state index contributed by atoms with van der Waals surface area (Å²) < 4.78 is 0. The molecule has 23 heavy (non-hydrogen) atoms. The largest absolute Gasteiger partial charge is 0.340 e. The molecule has 4 fully saturated rings. The lowest BCUT2D eigenvalue weighted by Gasteiger charge is -2.44. The number of hydrogen-bond donors (Lipinski definition) is 1. The Balaban J connectivity index is 1.72. The maximum atomic E-state index is 3.85. The summed E-state index contributed by atoms with van der Waals surface area (Å²) in [5, 5.41) is 0. The summed E-state index contributed by atoms with van der Waals surface area (Å²) in [6.45, 7) is 7.74. The molecular weight excluding hydrogens is 296 g/mol. The Morgan fingerprint density at radius 3 is 2.35 bits per heavy atom. The first-order valence-corrected chi connectivity index (χ1v) is 13.4. The van der Waals surface area contributed by atoms with Crippen LogP contribution in [-0.4, -0.2) is 39.3 Å². The van der Waals surface area contributed by atoms with E-state index in [2.05, 4.69) is 44.0 Å². The Bertz CT molecular complexity index is 451. The van der Waals surface area contributed by atoms with Gasteiger partial charge in [0.1, 0.15) is 8.24 Å². The molecule has 1 aliphatic heterocycles. The van der Waals surface area contributed by atoms with Crippen LogP contribution in [0.4, 0.5) is 0 Å². The number of fused-ring (bicyclic) bond motifs is 5. The minimum absolute atomic E-state index is 0.900. The minimum Gasteiger partial charge on any atom is -0.340 e. The molecule has 8 atom stereocenters. The standard InChI is InChI=1S/C20H38N2Si/c1-13-10-11-17-16(12-13)18-14-8-6-7-9-15(14)20(19(18)22(17)3)23(4,5)21-2/h13-21H,6-12H2,1-5H3. The van der Waals surface area contributed by atoms with Crippen molar-refractivity contribution in [2.75, 3.05) is 14.1 Å². The zero-order valence-corrected chi connectivity index (χ0v) is 17.0. The molecule has 8 unspecified atom stereocenters. The quantitative estimate of drug-likeness (QED) is 0.756. The highest BCUT2D eigenvalue weighted by molar-refractivity contribution is 6.76. The van der Waals surface area contributed by atoms with Gasteiger partial charge in [-0.05, 0) is 74.9 Å². The molecule has 0 aromatic rings. The Hall–Kier alpha value is 0.137. The van der Waals surface area contributed by atoms with Crippen LogP contribution in [0.15, 0.2) is 0 Å².